The van der Waals surface area contributed by atoms with Gasteiger partial charge in [0.15, 0.2) is 0 Å². The summed E-state index contributed by atoms with van der Waals surface area (Å²) in [6, 6.07) is 19.7. The fourth-order valence-corrected chi connectivity index (χ4v) is 4.28. The first kappa shape index (κ1) is 20.6. The zero-order chi connectivity index (χ0) is 22.0. The van der Waals surface area contributed by atoms with Gasteiger partial charge in [-0.2, -0.15) is 0 Å². The monoisotopic (exact) mass is 435 g/mol. The number of anilines is 2. The molecule has 4 aromatic rings. The molecule has 0 spiro atoms. The van der Waals surface area contributed by atoms with Gasteiger partial charge in [0, 0.05) is 11.3 Å². The molecule has 158 valence electrons. The Hall–Kier alpha value is -3.65. The number of rotatable bonds is 6. The molecule has 0 aliphatic carbocycles. The van der Waals surface area contributed by atoms with Gasteiger partial charge in [-0.1, -0.05) is 47.6 Å². The maximum absolute atomic E-state index is 12.6. The molecule has 3 aromatic carbocycles. The molecular weight excluding hydrogens is 414 g/mol. The minimum absolute atomic E-state index is 0.0491. The van der Waals surface area contributed by atoms with E-state index >= 15 is 0 Å². The van der Waals surface area contributed by atoms with E-state index in [0.717, 1.165) is 16.3 Å². The van der Waals surface area contributed by atoms with Gasteiger partial charge >= 0.3 is 0 Å². The topological polar surface area (TPSA) is 101 Å². The summed E-state index contributed by atoms with van der Waals surface area (Å²) in [5.41, 5.74) is 2.68. The van der Waals surface area contributed by atoms with Gasteiger partial charge in [-0.05, 0) is 54.4 Å². The third-order valence-electron chi connectivity index (χ3n) is 5.06. The number of nitrogens with zero attached hydrogens (tertiary/aromatic N) is 1. The van der Waals surface area contributed by atoms with E-state index in [2.05, 4.69) is 15.2 Å². The van der Waals surface area contributed by atoms with Crippen LogP contribution in [0.2, 0.25) is 0 Å². The molecule has 8 heteroatoms. The van der Waals surface area contributed by atoms with Gasteiger partial charge in [0.2, 0.25) is 11.8 Å². The van der Waals surface area contributed by atoms with Gasteiger partial charge in [0.05, 0.1) is 17.0 Å². The Morgan fingerprint density at radius 3 is 2.39 bits per heavy atom. The highest BCUT2D eigenvalue weighted by Gasteiger charge is 2.19. The lowest BCUT2D eigenvalue weighted by atomic mass is 10.0. The minimum atomic E-state index is -3.84. The quantitative estimate of drug-likeness (QED) is 0.467. The number of amides is 1. The van der Waals surface area contributed by atoms with Crippen molar-refractivity contribution in [1.29, 1.82) is 0 Å². The molecule has 0 saturated heterocycles. The summed E-state index contributed by atoms with van der Waals surface area (Å²) < 4.78 is 32.6. The SMILES string of the molecule is Cc1noc(NS(=O)(=O)c2ccc(NC(=O)Cc3cccc4ccccc34)cc2)c1C. The molecule has 4 rings (SSSR count). The Kier molecular flexibility index (Phi) is 5.48. The number of benzene rings is 3. The van der Waals surface area contributed by atoms with E-state index in [1.165, 1.54) is 12.1 Å². The molecule has 0 unspecified atom stereocenters. The van der Waals surface area contributed by atoms with E-state index in [-0.39, 0.29) is 23.1 Å². The maximum atomic E-state index is 12.6. The molecule has 0 aliphatic heterocycles. The third kappa shape index (κ3) is 4.44. The van der Waals surface area contributed by atoms with Crippen molar-refractivity contribution >= 4 is 38.3 Å². The molecule has 0 atom stereocenters. The molecule has 31 heavy (non-hydrogen) atoms. The first-order valence-electron chi connectivity index (χ1n) is 9.66. The van der Waals surface area contributed by atoms with Gasteiger partial charge in [-0.3, -0.25) is 4.79 Å². The zero-order valence-electron chi connectivity index (χ0n) is 17.0. The summed E-state index contributed by atoms with van der Waals surface area (Å²) in [6.07, 6.45) is 0.215. The van der Waals surface area contributed by atoms with Crippen LogP contribution in [0.1, 0.15) is 16.8 Å². The van der Waals surface area contributed by atoms with Crippen molar-refractivity contribution in [3.8, 4) is 0 Å². The average Bonchev–Trinajstić information content (AvgIpc) is 3.06. The Labute approximate surface area is 180 Å². The maximum Gasteiger partial charge on any atom is 0.264 e. The van der Waals surface area contributed by atoms with Crippen molar-refractivity contribution in [3.05, 3.63) is 83.6 Å². The summed E-state index contributed by atoms with van der Waals surface area (Å²) in [4.78, 5) is 12.6. The number of carbonyl (C=O) groups excluding carboxylic acids is 1. The minimum Gasteiger partial charge on any atom is -0.337 e. The second-order valence-electron chi connectivity index (χ2n) is 7.22. The fraction of sp³-hybridized carbons (Fsp3) is 0.130. The van der Waals surface area contributed by atoms with Crippen LogP contribution in [0.4, 0.5) is 11.6 Å². The van der Waals surface area contributed by atoms with Crippen molar-refractivity contribution in [1.82, 2.24) is 5.16 Å². The smallest absolute Gasteiger partial charge is 0.264 e. The summed E-state index contributed by atoms with van der Waals surface area (Å²) in [5.74, 6) is -0.0946. The van der Waals surface area contributed by atoms with Crippen LogP contribution in [0.25, 0.3) is 10.8 Å². The standard InChI is InChI=1S/C23H21N3O4S/c1-15-16(2)25-30-23(15)26-31(28,29)20-12-10-19(11-13-20)24-22(27)14-18-8-5-7-17-6-3-4-9-21(17)18/h3-13,26H,14H2,1-2H3,(H,24,27). The van der Waals surface area contributed by atoms with E-state index in [1.54, 1.807) is 26.0 Å². The molecule has 0 bridgehead atoms. The Morgan fingerprint density at radius 2 is 1.68 bits per heavy atom. The highest BCUT2D eigenvalue weighted by molar-refractivity contribution is 7.92. The second-order valence-corrected chi connectivity index (χ2v) is 8.90. The predicted molar refractivity (Wildman–Crippen MR) is 120 cm³/mol. The fourth-order valence-electron chi connectivity index (χ4n) is 3.23. The first-order chi connectivity index (χ1) is 14.8. The lowest BCUT2D eigenvalue weighted by Gasteiger charge is -2.09. The molecule has 0 saturated carbocycles. The van der Waals surface area contributed by atoms with Gasteiger partial charge < -0.3 is 9.84 Å². The number of aromatic nitrogens is 1. The van der Waals surface area contributed by atoms with E-state index in [9.17, 15) is 13.2 Å². The molecule has 1 heterocycles. The van der Waals surface area contributed by atoms with Crippen LogP contribution in [0.15, 0.2) is 76.1 Å². The van der Waals surface area contributed by atoms with Crippen molar-refractivity contribution in [2.24, 2.45) is 0 Å². The predicted octanol–water partition coefficient (Wildman–Crippen LogP) is 4.43. The van der Waals surface area contributed by atoms with Gasteiger partial charge in [0.25, 0.3) is 10.0 Å². The van der Waals surface area contributed by atoms with Crippen LogP contribution in [-0.2, 0) is 21.2 Å². The van der Waals surface area contributed by atoms with Crippen LogP contribution >= 0.6 is 0 Å². The molecule has 2 N–H and O–H groups in total. The normalized spacial score (nSPS) is 11.4. The number of fused-ring (bicyclic) bond motifs is 1. The molecule has 0 aliphatic rings. The highest BCUT2D eigenvalue weighted by Crippen LogP contribution is 2.23. The van der Waals surface area contributed by atoms with Gasteiger partial charge in [-0.25, -0.2) is 13.1 Å². The lowest BCUT2D eigenvalue weighted by molar-refractivity contribution is -0.115. The molecule has 7 nitrogen and oxygen atoms in total. The zero-order valence-corrected chi connectivity index (χ0v) is 17.9. The molecule has 1 aromatic heterocycles. The van der Waals surface area contributed by atoms with E-state index in [0.29, 0.717) is 16.9 Å². The summed E-state index contributed by atoms with van der Waals surface area (Å²) >= 11 is 0. The Bertz CT molecular complexity index is 1350. The lowest BCUT2D eigenvalue weighted by Crippen LogP contribution is -2.15. The largest absolute Gasteiger partial charge is 0.337 e. The van der Waals surface area contributed by atoms with E-state index in [4.69, 9.17) is 4.52 Å². The average molecular weight is 436 g/mol. The number of carbonyl (C=O) groups is 1. The molecule has 0 radical (unpaired) electrons. The van der Waals surface area contributed by atoms with Gasteiger partial charge in [0.1, 0.15) is 0 Å². The highest BCUT2D eigenvalue weighted by atomic mass is 32.2. The molecule has 0 fully saturated rings. The third-order valence-corrected chi connectivity index (χ3v) is 6.41. The van der Waals surface area contributed by atoms with Crippen LogP contribution in [0.5, 0.6) is 0 Å². The van der Waals surface area contributed by atoms with Crippen LogP contribution in [0, 0.1) is 13.8 Å². The summed E-state index contributed by atoms with van der Waals surface area (Å²) in [7, 11) is -3.84. The molecular formula is C23H21N3O4S. The summed E-state index contributed by atoms with van der Waals surface area (Å²) in [6.45, 7) is 3.45. The van der Waals surface area contributed by atoms with E-state index < -0.39 is 10.0 Å². The number of sulfonamides is 1. The number of nitrogens with one attached hydrogen (secondary N) is 2. The van der Waals surface area contributed by atoms with Crippen molar-refractivity contribution in [2.75, 3.05) is 10.0 Å². The Balaban J connectivity index is 1.45. The number of aryl methyl sites for hydroxylation is 1. The van der Waals surface area contributed by atoms with Gasteiger partial charge in [-0.15, -0.1) is 0 Å². The summed E-state index contributed by atoms with van der Waals surface area (Å²) in [5, 5.41) is 8.67. The van der Waals surface area contributed by atoms with Crippen LogP contribution in [0.3, 0.4) is 0 Å². The van der Waals surface area contributed by atoms with Crippen molar-refractivity contribution < 1.29 is 17.7 Å². The first-order valence-corrected chi connectivity index (χ1v) is 11.1. The van der Waals surface area contributed by atoms with E-state index in [1.807, 2.05) is 42.5 Å². The number of hydrogen-bond acceptors (Lipinski definition) is 5. The van der Waals surface area contributed by atoms with Crippen LogP contribution in [-0.4, -0.2) is 19.5 Å². The van der Waals surface area contributed by atoms with Crippen molar-refractivity contribution in [3.63, 3.8) is 0 Å². The molecule has 1 amide bonds. The second kappa shape index (κ2) is 8.23. The van der Waals surface area contributed by atoms with Crippen LogP contribution < -0.4 is 10.0 Å². The number of hydrogen-bond donors (Lipinski definition) is 2. The van der Waals surface area contributed by atoms with Crippen molar-refractivity contribution in [2.45, 2.75) is 25.2 Å². The Morgan fingerprint density at radius 1 is 0.968 bits per heavy atom.